The molecule has 0 spiro atoms. The Morgan fingerprint density at radius 2 is 1.85 bits per heavy atom. The highest BCUT2D eigenvalue weighted by molar-refractivity contribution is 9.13. The number of nitrogens with two attached hydrogens (primary N) is 1. The van der Waals surface area contributed by atoms with Gasteiger partial charge < -0.3 is 10.3 Å². The number of nitrogens with zero attached hydrogens (tertiary/aromatic N) is 1. The molecule has 0 aliphatic rings. The zero-order valence-electron chi connectivity index (χ0n) is 9.86. The minimum atomic E-state index is 0.313. The minimum absolute atomic E-state index is 0.313. The van der Waals surface area contributed by atoms with Crippen LogP contribution in [0.4, 0.5) is 5.88 Å². The summed E-state index contributed by atoms with van der Waals surface area (Å²) in [5.41, 5.74) is 8.46. The largest absolute Gasteiger partial charge is 0.367 e. The van der Waals surface area contributed by atoms with Gasteiger partial charge in [-0.2, -0.15) is 0 Å². The normalized spacial score (nSPS) is 10.9. The molecule has 0 saturated heterocycles. The summed E-state index contributed by atoms with van der Waals surface area (Å²) < 4.78 is 8.13. The van der Waals surface area contributed by atoms with Crippen LogP contribution in [0.3, 0.4) is 0 Å². The molecule has 20 heavy (non-hydrogen) atoms. The molecule has 0 bridgehead atoms. The van der Waals surface area contributed by atoms with Gasteiger partial charge in [0.15, 0.2) is 0 Å². The highest BCUT2D eigenvalue weighted by atomic mass is 79.9. The van der Waals surface area contributed by atoms with Crippen LogP contribution in [0.15, 0.2) is 47.6 Å². The van der Waals surface area contributed by atoms with Gasteiger partial charge in [0.1, 0.15) is 5.69 Å². The van der Waals surface area contributed by atoms with E-state index in [-0.39, 0.29) is 0 Å². The van der Waals surface area contributed by atoms with Crippen LogP contribution in [-0.4, -0.2) is 5.16 Å². The lowest BCUT2D eigenvalue weighted by atomic mass is 10.1. The third-order valence-electron chi connectivity index (χ3n) is 2.74. The van der Waals surface area contributed by atoms with Crippen molar-refractivity contribution in [3.8, 4) is 21.7 Å². The highest BCUT2D eigenvalue weighted by Gasteiger charge is 2.21. The molecule has 2 heterocycles. The molecule has 7 heteroatoms. The van der Waals surface area contributed by atoms with E-state index >= 15 is 0 Å². The van der Waals surface area contributed by atoms with Crippen molar-refractivity contribution in [3.63, 3.8) is 0 Å². The van der Waals surface area contributed by atoms with Gasteiger partial charge in [0.2, 0.25) is 5.88 Å². The lowest BCUT2D eigenvalue weighted by molar-refractivity contribution is 0.439. The number of benzene rings is 1. The Balaban J connectivity index is 2.23. The maximum atomic E-state index is 5.96. The van der Waals surface area contributed by atoms with E-state index in [2.05, 4.69) is 52.9 Å². The summed E-state index contributed by atoms with van der Waals surface area (Å²) >= 11 is 12.1. The maximum absolute atomic E-state index is 5.96. The predicted octanol–water partition coefficient (Wildman–Crippen LogP) is 5.94. The van der Waals surface area contributed by atoms with Crippen molar-refractivity contribution >= 4 is 65.0 Å². The van der Waals surface area contributed by atoms with Gasteiger partial charge in [-0.1, -0.05) is 39.3 Å². The molecule has 0 amide bonds. The van der Waals surface area contributed by atoms with Crippen LogP contribution in [0.1, 0.15) is 0 Å². The summed E-state index contributed by atoms with van der Waals surface area (Å²) in [6, 6.07) is 9.85. The maximum Gasteiger partial charge on any atom is 0.230 e. The van der Waals surface area contributed by atoms with Crippen molar-refractivity contribution in [3.05, 3.63) is 43.1 Å². The van der Waals surface area contributed by atoms with Gasteiger partial charge in [-0.3, -0.25) is 0 Å². The predicted molar refractivity (Wildman–Crippen MR) is 92.8 cm³/mol. The number of hydrogen-bond acceptors (Lipinski definition) is 4. The lowest BCUT2D eigenvalue weighted by Gasteiger charge is -2.03. The molecular weight excluding hydrogens is 472 g/mol. The Morgan fingerprint density at radius 3 is 2.50 bits per heavy atom. The Hall–Kier alpha value is -0.630. The molecule has 0 aliphatic carbocycles. The molecule has 2 aromatic heterocycles. The summed E-state index contributed by atoms with van der Waals surface area (Å²) in [4.78, 5) is 0.981. The molecule has 0 radical (unpaired) electrons. The van der Waals surface area contributed by atoms with Crippen molar-refractivity contribution in [1.82, 2.24) is 5.16 Å². The summed E-state index contributed by atoms with van der Waals surface area (Å²) in [7, 11) is 0. The standard InChI is InChI=1S/C13H7Br3N2OS/c14-7-4-2-1-3-6(7)10-11(18-19-13(10)17)9-5-8(15)12(16)20-9/h1-5H,17H2. The molecule has 0 fully saturated rings. The van der Waals surface area contributed by atoms with E-state index in [0.717, 1.165) is 34.4 Å². The van der Waals surface area contributed by atoms with Crippen molar-refractivity contribution in [2.75, 3.05) is 5.73 Å². The Kier molecular flexibility index (Phi) is 4.03. The molecule has 1 aromatic carbocycles. The summed E-state index contributed by atoms with van der Waals surface area (Å²) in [6.07, 6.45) is 0. The van der Waals surface area contributed by atoms with Crippen LogP contribution < -0.4 is 5.73 Å². The van der Waals surface area contributed by atoms with Crippen LogP contribution in [0.2, 0.25) is 0 Å². The third-order valence-corrected chi connectivity index (χ3v) is 6.69. The molecule has 0 aliphatic heterocycles. The van der Waals surface area contributed by atoms with Gasteiger partial charge in [0.05, 0.1) is 14.2 Å². The molecule has 102 valence electrons. The van der Waals surface area contributed by atoms with Crippen LogP contribution >= 0.6 is 59.1 Å². The molecule has 3 nitrogen and oxygen atoms in total. The number of nitrogen functional groups attached to an aromatic ring is 1. The number of thiophene rings is 1. The molecule has 3 rings (SSSR count). The first-order chi connectivity index (χ1) is 9.58. The van der Waals surface area contributed by atoms with E-state index in [1.54, 1.807) is 11.3 Å². The van der Waals surface area contributed by atoms with E-state index in [9.17, 15) is 0 Å². The van der Waals surface area contributed by atoms with E-state index in [1.807, 2.05) is 30.3 Å². The van der Waals surface area contributed by atoms with Gasteiger partial charge >= 0.3 is 0 Å². The Morgan fingerprint density at radius 1 is 1.10 bits per heavy atom. The zero-order valence-corrected chi connectivity index (χ0v) is 15.4. The second-order valence-electron chi connectivity index (χ2n) is 3.98. The monoisotopic (exact) mass is 476 g/mol. The molecule has 0 atom stereocenters. The van der Waals surface area contributed by atoms with E-state index in [0.29, 0.717) is 5.88 Å². The van der Waals surface area contributed by atoms with E-state index < -0.39 is 0 Å². The third kappa shape index (κ3) is 2.47. The minimum Gasteiger partial charge on any atom is -0.367 e. The Labute approximate surface area is 144 Å². The number of anilines is 1. The van der Waals surface area contributed by atoms with Crippen molar-refractivity contribution < 1.29 is 4.52 Å². The summed E-state index contributed by atoms with van der Waals surface area (Å²) in [5, 5.41) is 4.11. The fourth-order valence-electron chi connectivity index (χ4n) is 1.86. The summed E-state index contributed by atoms with van der Waals surface area (Å²) in [6.45, 7) is 0. The fraction of sp³-hybridized carbons (Fsp3) is 0. The number of aromatic nitrogens is 1. The van der Waals surface area contributed by atoms with Gasteiger partial charge in [0.25, 0.3) is 0 Å². The van der Waals surface area contributed by atoms with Crippen LogP contribution in [0.5, 0.6) is 0 Å². The second-order valence-corrected chi connectivity index (χ2v) is 8.06. The smallest absolute Gasteiger partial charge is 0.230 e. The van der Waals surface area contributed by atoms with Crippen LogP contribution in [0, 0.1) is 0 Å². The van der Waals surface area contributed by atoms with Crippen molar-refractivity contribution in [2.45, 2.75) is 0 Å². The number of hydrogen-bond donors (Lipinski definition) is 1. The topological polar surface area (TPSA) is 52.0 Å². The number of halogens is 3. The van der Waals surface area contributed by atoms with Gasteiger partial charge in [0, 0.05) is 14.5 Å². The quantitative estimate of drug-likeness (QED) is 0.496. The SMILES string of the molecule is Nc1onc(-c2cc(Br)c(Br)s2)c1-c1ccccc1Br. The molecule has 0 saturated carbocycles. The average Bonchev–Trinajstić information content (AvgIpc) is 2.94. The van der Waals surface area contributed by atoms with Gasteiger partial charge in [-0.25, -0.2) is 0 Å². The van der Waals surface area contributed by atoms with E-state index in [1.165, 1.54) is 0 Å². The van der Waals surface area contributed by atoms with Crippen molar-refractivity contribution in [2.24, 2.45) is 0 Å². The second kappa shape index (κ2) is 5.63. The van der Waals surface area contributed by atoms with E-state index in [4.69, 9.17) is 10.3 Å². The van der Waals surface area contributed by atoms with Crippen molar-refractivity contribution in [1.29, 1.82) is 0 Å². The summed E-state index contributed by atoms with van der Waals surface area (Å²) in [5.74, 6) is 0.313. The fourth-order valence-corrected chi connectivity index (χ4v) is 4.36. The highest BCUT2D eigenvalue weighted by Crippen LogP contribution is 2.44. The van der Waals surface area contributed by atoms with Gasteiger partial charge in [-0.15, -0.1) is 11.3 Å². The molecular formula is C13H7Br3N2OS. The van der Waals surface area contributed by atoms with Crippen LogP contribution in [-0.2, 0) is 0 Å². The first-order valence-corrected chi connectivity index (χ1v) is 8.72. The first kappa shape index (κ1) is 14.3. The molecule has 3 aromatic rings. The van der Waals surface area contributed by atoms with Crippen LogP contribution in [0.25, 0.3) is 21.7 Å². The first-order valence-electron chi connectivity index (χ1n) is 5.53. The number of rotatable bonds is 2. The molecule has 2 N–H and O–H groups in total. The average molecular weight is 479 g/mol. The Bertz CT molecular complexity index is 762. The molecule has 0 unspecified atom stereocenters. The lowest BCUT2D eigenvalue weighted by Crippen LogP contribution is -1.87. The van der Waals surface area contributed by atoms with Gasteiger partial charge in [-0.05, 0) is 44.0 Å². The zero-order chi connectivity index (χ0) is 14.3.